The Balaban J connectivity index is 2.89. The van der Waals surface area contributed by atoms with E-state index in [1.165, 1.54) is 10.0 Å². The summed E-state index contributed by atoms with van der Waals surface area (Å²) in [4.78, 5) is 22.0. The molecule has 0 aromatic heterocycles. The Hall–Kier alpha value is -0.330. The molecular formula is C5H7IN2O2. The molecule has 0 radical (unpaired) electrons. The molecule has 56 valence electrons. The highest BCUT2D eigenvalue weighted by Crippen LogP contribution is 2.16. The van der Waals surface area contributed by atoms with Crippen LogP contribution in [0.15, 0.2) is 0 Å². The van der Waals surface area contributed by atoms with E-state index in [1.54, 1.807) is 14.1 Å². The lowest BCUT2D eigenvalue weighted by Crippen LogP contribution is -2.33. The zero-order chi connectivity index (χ0) is 7.89. The van der Waals surface area contributed by atoms with Gasteiger partial charge in [0.25, 0.3) is 11.8 Å². The maximum absolute atomic E-state index is 11.0. The van der Waals surface area contributed by atoms with Gasteiger partial charge in [-0.3, -0.25) is 19.6 Å². The summed E-state index contributed by atoms with van der Waals surface area (Å²) >= 11 is 1.83. The van der Waals surface area contributed by atoms with Crippen LogP contribution in [0.1, 0.15) is 0 Å². The molecule has 1 rings (SSSR count). The summed E-state index contributed by atoms with van der Waals surface area (Å²) in [6.07, 6.45) is 0. The third kappa shape index (κ3) is 0.882. The summed E-state index contributed by atoms with van der Waals surface area (Å²) in [6, 6.07) is 0. The fourth-order valence-electron chi connectivity index (χ4n) is 0.729. The van der Waals surface area contributed by atoms with E-state index in [0.717, 1.165) is 0 Å². The van der Waals surface area contributed by atoms with Crippen LogP contribution < -0.4 is 0 Å². The Morgan fingerprint density at radius 3 is 1.60 bits per heavy atom. The smallest absolute Gasteiger partial charge is 0.263 e. The summed E-state index contributed by atoms with van der Waals surface area (Å²) in [5.41, 5.74) is 0. The number of alkyl halides is 1. The molecule has 0 bridgehead atoms. The number of amides is 2. The summed E-state index contributed by atoms with van der Waals surface area (Å²) in [5.74, 6) is -0.291. The Bertz CT molecular complexity index is 174. The first kappa shape index (κ1) is 7.77. The monoisotopic (exact) mass is 254 g/mol. The van der Waals surface area contributed by atoms with Crippen LogP contribution in [0.5, 0.6) is 0 Å². The molecule has 1 aliphatic heterocycles. The normalized spacial score (nSPS) is 21.1. The van der Waals surface area contributed by atoms with Crippen molar-refractivity contribution in [2.75, 3.05) is 14.1 Å². The first-order valence-corrected chi connectivity index (χ1v) is 3.99. The molecule has 4 nitrogen and oxygen atoms in total. The second kappa shape index (κ2) is 2.37. The van der Waals surface area contributed by atoms with Crippen LogP contribution in [-0.2, 0) is 9.59 Å². The van der Waals surface area contributed by atoms with Gasteiger partial charge in [-0.15, -0.1) is 0 Å². The van der Waals surface area contributed by atoms with E-state index >= 15 is 0 Å². The number of rotatable bonds is 0. The minimum atomic E-state index is -0.521. The van der Waals surface area contributed by atoms with Gasteiger partial charge in [0.05, 0.1) is 0 Å². The van der Waals surface area contributed by atoms with Crippen LogP contribution in [0, 0.1) is 0 Å². The highest BCUT2D eigenvalue weighted by atomic mass is 127. The second-order valence-electron chi connectivity index (χ2n) is 2.09. The van der Waals surface area contributed by atoms with Gasteiger partial charge in [0, 0.05) is 14.1 Å². The van der Waals surface area contributed by atoms with Crippen molar-refractivity contribution in [2.45, 2.75) is 3.92 Å². The van der Waals surface area contributed by atoms with Gasteiger partial charge >= 0.3 is 0 Å². The minimum Gasteiger partial charge on any atom is -0.271 e. The zero-order valence-corrected chi connectivity index (χ0v) is 7.82. The maximum atomic E-state index is 11.0. The van der Waals surface area contributed by atoms with Gasteiger partial charge in [-0.05, 0) is 0 Å². The fourth-order valence-corrected chi connectivity index (χ4v) is 1.54. The van der Waals surface area contributed by atoms with E-state index in [-0.39, 0.29) is 11.8 Å². The van der Waals surface area contributed by atoms with Crippen LogP contribution in [0.2, 0.25) is 0 Å². The predicted molar refractivity (Wildman–Crippen MR) is 43.3 cm³/mol. The van der Waals surface area contributed by atoms with Crippen molar-refractivity contribution in [3.05, 3.63) is 0 Å². The van der Waals surface area contributed by atoms with Gasteiger partial charge in [-0.2, -0.15) is 0 Å². The van der Waals surface area contributed by atoms with Crippen molar-refractivity contribution in [1.82, 2.24) is 10.0 Å². The fraction of sp³-hybridized carbons (Fsp3) is 0.600. The number of nitrogens with zero attached hydrogens (tertiary/aromatic N) is 2. The Morgan fingerprint density at radius 2 is 1.50 bits per heavy atom. The highest BCUT2D eigenvalue weighted by Gasteiger charge is 2.39. The molecular weight excluding hydrogens is 247 g/mol. The molecule has 0 spiro atoms. The van der Waals surface area contributed by atoms with Crippen molar-refractivity contribution < 1.29 is 9.59 Å². The molecule has 0 aromatic rings. The molecule has 1 fully saturated rings. The highest BCUT2D eigenvalue weighted by molar-refractivity contribution is 14.1. The van der Waals surface area contributed by atoms with Crippen LogP contribution in [0.4, 0.5) is 0 Å². The molecule has 1 saturated heterocycles. The van der Waals surface area contributed by atoms with Gasteiger partial charge in [-0.1, -0.05) is 22.6 Å². The first-order chi connectivity index (χ1) is 4.55. The van der Waals surface area contributed by atoms with Crippen LogP contribution >= 0.6 is 22.6 Å². The summed E-state index contributed by atoms with van der Waals surface area (Å²) in [6.45, 7) is 0. The molecule has 0 N–H and O–H groups in total. The van der Waals surface area contributed by atoms with Gasteiger partial charge in [0.2, 0.25) is 0 Å². The van der Waals surface area contributed by atoms with Crippen LogP contribution in [0.3, 0.4) is 0 Å². The molecule has 0 unspecified atom stereocenters. The van der Waals surface area contributed by atoms with Crippen LogP contribution in [0.25, 0.3) is 0 Å². The summed E-state index contributed by atoms with van der Waals surface area (Å²) in [5, 5.41) is 2.64. The Labute approximate surface area is 72.3 Å². The van der Waals surface area contributed by atoms with Crippen molar-refractivity contribution in [2.24, 2.45) is 0 Å². The lowest BCUT2D eigenvalue weighted by atomic mass is 10.4. The summed E-state index contributed by atoms with van der Waals surface area (Å²) in [7, 11) is 3.16. The Kier molecular flexibility index (Phi) is 1.84. The lowest BCUT2D eigenvalue weighted by molar-refractivity contribution is -0.141. The molecule has 5 heteroatoms. The van der Waals surface area contributed by atoms with Gasteiger partial charge in [-0.25, -0.2) is 0 Å². The lowest BCUT2D eigenvalue weighted by Gasteiger charge is -2.17. The Morgan fingerprint density at radius 1 is 1.20 bits per heavy atom. The standard InChI is InChI=1S/C5H7IN2O2/c1-7-4(9)3(6)5(10)8(7)2/h3H,1-2H3. The van der Waals surface area contributed by atoms with E-state index < -0.39 is 3.92 Å². The molecule has 0 atom stereocenters. The van der Waals surface area contributed by atoms with Crippen LogP contribution in [-0.4, -0.2) is 39.9 Å². The van der Waals surface area contributed by atoms with E-state index in [2.05, 4.69) is 0 Å². The number of hydrogen-bond donors (Lipinski definition) is 0. The second-order valence-corrected chi connectivity index (χ2v) is 3.33. The third-order valence-corrected chi connectivity index (χ3v) is 2.59. The van der Waals surface area contributed by atoms with Crippen molar-refractivity contribution in [3.8, 4) is 0 Å². The number of carbonyl (C=O) groups excluding carboxylic acids is 2. The van der Waals surface area contributed by atoms with E-state index in [4.69, 9.17) is 0 Å². The average Bonchev–Trinajstić information content (AvgIpc) is 2.07. The number of halogens is 1. The summed E-state index contributed by atoms with van der Waals surface area (Å²) < 4.78 is -0.521. The zero-order valence-electron chi connectivity index (χ0n) is 5.67. The maximum Gasteiger partial charge on any atom is 0.263 e. The van der Waals surface area contributed by atoms with E-state index in [9.17, 15) is 9.59 Å². The van der Waals surface area contributed by atoms with Gasteiger partial charge < -0.3 is 0 Å². The largest absolute Gasteiger partial charge is 0.271 e. The minimum absolute atomic E-state index is 0.145. The number of hydrogen-bond acceptors (Lipinski definition) is 2. The van der Waals surface area contributed by atoms with E-state index in [0.29, 0.717) is 0 Å². The molecule has 0 aromatic carbocycles. The number of hydrazine groups is 1. The van der Waals surface area contributed by atoms with E-state index in [1.807, 2.05) is 22.6 Å². The SMILES string of the molecule is CN1C(=O)C(I)C(=O)N1C. The topological polar surface area (TPSA) is 40.6 Å². The molecule has 0 aliphatic carbocycles. The molecule has 2 amide bonds. The van der Waals surface area contributed by atoms with Gasteiger partial charge in [0.15, 0.2) is 3.92 Å². The average molecular weight is 254 g/mol. The quantitative estimate of drug-likeness (QED) is 0.336. The molecule has 10 heavy (non-hydrogen) atoms. The molecule has 1 aliphatic rings. The molecule has 0 saturated carbocycles. The number of carbonyl (C=O) groups is 2. The first-order valence-electron chi connectivity index (χ1n) is 2.75. The third-order valence-electron chi connectivity index (χ3n) is 1.52. The van der Waals surface area contributed by atoms with Crippen molar-refractivity contribution in [1.29, 1.82) is 0 Å². The van der Waals surface area contributed by atoms with Gasteiger partial charge in [0.1, 0.15) is 0 Å². The predicted octanol–water partition coefficient (Wildman–Crippen LogP) is -0.365. The van der Waals surface area contributed by atoms with Crippen molar-refractivity contribution in [3.63, 3.8) is 0 Å². The van der Waals surface area contributed by atoms with Crippen molar-refractivity contribution >= 4 is 34.4 Å². The molecule has 1 heterocycles.